The van der Waals surface area contributed by atoms with Crippen molar-refractivity contribution in [1.82, 2.24) is 5.43 Å². The van der Waals surface area contributed by atoms with Gasteiger partial charge < -0.3 is 10.1 Å². The van der Waals surface area contributed by atoms with E-state index in [9.17, 15) is 14.4 Å². The van der Waals surface area contributed by atoms with Crippen LogP contribution < -0.4 is 15.5 Å². The van der Waals surface area contributed by atoms with Crippen molar-refractivity contribution >= 4 is 73.1 Å². The second-order valence-electron chi connectivity index (χ2n) is 8.31. The Kier molecular flexibility index (Phi) is 9.29. The van der Waals surface area contributed by atoms with Gasteiger partial charge in [0, 0.05) is 31.9 Å². The molecule has 0 unspecified atom stereocenters. The van der Waals surface area contributed by atoms with E-state index in [2.05, 4.69) is 47.7 Å². The van der Waals surface area contributed by atoms with Crippen molar-refractivity contribution in [2.45, 2.75) is 6.92 Å². The van der Waals surface area contributed by atoms with Crippen LogP contribution in [0.2, 0.25) is 5.02 Å². The molecule has 0 aliphatic rings. The Labute approximate surface area is 246 Å². The van der Waals surface area contributed by atoms with E-state index in [1.54, 1.807) is 72.8 Å². The Morgan fingerprint density at radius 3 is 2.31 bits per heavy atom. The largest absolute Gasteiger partial charge is 0.421 e. The fraction of sp³-hybridized carbons (Fsp3) is 0.0345. The lowest BCUT2D eigenvalue weighted by molar-refractivity contribution is 0.0732. The summed E-state index contributed by atoms with van der Waals surface area (Å²) in [5.41, 5.74) is 5.38. The third-order valence-electron chi connectivity index (χ3n) is 5.34. The maximum absolute atomic E-state index is 12.7. The molecule has 0 saturated carbocycles. The Morgan fingerprint density at radius 2 is 1.56 bits per heavy atom. The molecule has 7 nitrogen and oxygen atoms in total. The van der Waals surface area contributed by atoms with E-state index in [-0.39, 0.29) is 17.2 Å². The summed E-state index contributed by atoms with van der Waals surface area (Å²) in [4.78, 5) is 38.0. The molecule has 0 atom stereocenters. The number of amides is 2. The van der Waals surface area contributed by atoms with Gasteiger partial charge in [-0.2, -0.15) is 5.10 Å². The number of aryl methyl sites for hydroxylation is 1. The second-order valence-corrected chi connectivity index (χ2v) is 10.5. The predicted octanol–water partition coefficient (Wildman–Crippen LogP) is 7.41. The number of hydrazone groups is 1. The highest BCUT2D eigenvalue weighted by Gasteiger charge is 2.16. The van der Waals surface area contributed by atoms with Gasteiger partial charge in [-0.3, -0.25) is 9.59 Å². The molecule has 2 N–H and O–H groups in total. The van der Waals surface area contributed by atoms with Crippen molar-refractivity contribution in [3.63, 3.8) is 0 Å². The number of carbonyl (C=O) groups is 3. The standard InChI is InChI=1S/C29H20Br2ClN3O4/c1-17-4-2-6-20(12-17)29(38)39-26-21(13-22(30)15-25(26)31)16-33-35-28(37)19-5-3-7-24(14-19)34-27(36)18-8-10-23(32)11-9-18/h2-16H,1H3,(H,34,36)(H,35,37). The molecule has 10 heteroatoms. The molecule has 0 spiro atoms. The molecule has 2 amide bonds. The molecule has 0 radical (unpaired) electrons. The Morgan fingerprint density at radius 1 is 0.846 bits per heavy atom. The van der Waals surface area contributed by atoms with Gasteiger partial charge in [0.2, 0.25) is 0 Å². The van der Waals surface area contributed by atoms with Gasteiger partial charge in [-0.05, 0) is 89.6 Å². The lowest BCUT2D eigenvalue weighted by Gasteiger charge is -2.11. The third-order valence-corrected chi connectivity index (χ3v) is 6.64. The number of nitrogens with one attached hydrogen (secondary N) is 2. The number of carbonyl (C=O) groups excluding carboxylic acids is 3. The predicted molar refractivity (Wildman–Crippen MR) is 159 cm³/mol. The molecule has 196 valence electrons. The molecule has 0 fully saturated rings. The average molecular weight is 670 g/mol. The summed E-state index contributed by atoms with van der Waals surface area (Å²) in [5, 5.41) is 7.32. The normalized spacial score (nSPS) is 10.8. The Hall–Kier alpha value is -3.79. The first-order valence-corrected chi connectivity index (χ1v) is 13.4. The number of hydrogen-bond donors (Lipinski definition) is 2. The van der Waals surface area contributed by atoms with E-state index >= 15 is 0 Å². The van der Waals surface area contributed by atoms with Crippen LogP contribution in [0.4, 0.5) is 5.69 Å². The van der Waals surface area contributed by atoms with Gasteiger partial charge >= 0.3 is 5.97 Å². The molecule has 0 aromatic heterocycles. The summed E-state index contributed by atoms with van der Waals surface area (Å²) >= 11 is 12.7. The third kappa shape index (κ3) is 7.63. The van der Waals surface area contributed by atoms with E-state index in [0.29, 0.717) is 36.3 Å². The van der Waals surface area contributed by atoms with Crippen LogP contribution in [-0.2, 0) is 0 Å². The van der Waals surface area contributed by atoms with E-state index in [1.807, 2.05) is 13.0 Å². The number of rotatable bonds is 7. The summed E-state index contributed by atoms with van der Waals surface area (Å²) in [7, 11) is 0. The van der Waals surface area contributed by atoms with Crippen molar-refractivity contribution in [3.8, 4) is 5.75 Å². The molecule has 4 aromatic carbocycles. The Bertz CT molecular complexity index is 1590. The number of hydrogen-bond acceptors (Lipinski definition) is 5. The molecule has 4 rings (SSSR count). The molecule has 0 heterocycles. The molecule has 39 heavy (non-hydrogen) atoms. The first-order valence-electron chi connectivity index (χ1n) is 11.5. The highest BCUT2D eigenvalue weighted by atomic mass is 79.9. The summed E-state index contributed by atoms with van der Waals surface area (Å²) < 4.78 is 6.88. The van der Waals surface area contributed by atoms with Gasteiger partial charge in [-0.25, -0.2) is 10.2 Å². The first-order chi connectivity index (χ1) is 18.7. The van der Waals surface area contributed by atoms with Crippen LogP contribution in [0.25, 0.3) is 0 Å². The number of benzene rings is 4. The molecule has 4 aromatic rings. The molecular formula is C29H20Br2ClN3O4. The molecule has 0 bridgehead atoms. The quantitative estimate of drug-likeness (QED) is 0.0928. The van der Waals surface area contributed by atoms with E-state index in [4.69, 9.17) is 16.3 Å². The molecule has 0 saturated heterocycles. The number of nitrogens with zero attached hydrogens (tertiary/aromatic N) is 1. The minimum Gasteiger partial charge on any atom is -0.421 e. The highest BCUT2D eigenvalue weighted by Crippen LogP contribution is 2.32. The van der Waals surface area contributed by atoms with Gasteiger partial charge in [0.05, 0.1) is 16.3 Å². The van der Waals surface area contributed by atoms with Gasteiger partial charge in [0.15, 0.2) is 5.75 Å². The van der Waals surface area contributed by atoms with Crippen molar-refractivity contribution in [3.05, 3.63) is 127 Å². The van der Waals surface area contributed by atoms with E-state index in [0.717, 1.165) is 5.56 Å². The van der Waals surface area contributed by atoms with Crippen LogP contribution in [0, 0.1) is 6.92 Å². The monoisotopic (exact) mass is 667 g/mol. The maximum atomic E-state index is 12.7. The van der Waals surface area contributed by atoms with Crippen LogP contribution in [0.5, 0.6) is 5.75 Å². The number of halogens is 3. The minimum absolute atomic E-state index is 0.245. The van der Waals surface area contributed by atoms with Crippen LogP contribution >= 0.6 is 43.5 Å². The van der Waals surface area contributed by atoms with E-state index < -0.39 is 11.9 Å². The zero-order valence-corrected chi connectivity index (χ0v) is 24.3. The van der Waals surface area contributed by atoms with Gasteiger partial charge in [0.1, 0.15) is 0 Å². The minimum atomic E-state index is -0.530. The summed E-state index contributed by atoms with van der Waals surface area (Å²) in [6.07, 6.45) is 1.37. The fourth-order valence-corrected chi connectivity index (χ4v) is 4.94. The lowest BCUT2D eigenvalue weighted by atomic mass is 10.1. The summed E-state index contributed by atoms with van der Waals surface area (Å²) in [6.45, 7) is 1.89. The number of esters is 1. The fourth-order valence-electron chi connectivity index (χ4n) is 3.48. The second kappa shape index (κ2) is 12.8. The lowest BCUT2D eigenvalue weighted by Crippen LogP contribution is -2.18. The van der Waals surface area contributed by atoms with Crippen molar-refractivity contribution in [2.24, 2.45) is 5.10 Å². The van der Waals surface area contributed by atoms with Gasteiger partial charge in [0.25, 0.3) is 11.8 Å². The first kappa shape index (κ1) is 28.2. The highest BCUT2D eigenvalue weighted by molar-refractivity contribution is 9.11. The molecular weight excluding hydrogens is 650 g/mol. The van der Waals surface area contributed by atoms with Crippen molar-refractivity contribution < 1.29 is 19.1 Å². The topological polar surface area (TPSA) is 96.9 Å². The summed E-state index contributed by atoms with van der Waals surface area (Å²) in [5.74, 6) is -1.12. The average Bonchev–Trinajstić information content (AvgIpc) is 2.91. The molecule has 0 aliphatic carbocycles. The van der Waals surface area contributed by atoms with Crippen molar-refractivity contribution in [2.75, 3.05) is 5.32 Å². The zero-order valence-electron chi connectivity index (χ0n) is 20.4. The van der Waals surface area contributed by atoms with Gasteiger partial charge in [-0.15, -0.1) is 0 Å². The van der Waals surface area contributed by atoms with Crippen LogP contribution in [-0.4, -0.2) is 24.0 Å². The zero-order chi connectivity index (χ0) is 27.9. The van der Waals surface area contributed by atoms with E-state index in [1.165, 1.54) is 12.3 Å². The number of anilines is 1. The van der Waals surface area contributed by atoms with Gasteiger partial charge in [-0.1, -0.05) is 51.3 Å². The van der Waals surface area contributed by atoms with Crippen LogP contribution in [0.15, 0.2) is 99.0 Å². The number of ether oxygens (including phenoxy) is 1. The smallest absolute Gasteiger partial charge is 0.343 e. The summed E-state index contributed by atoms with van der Waals surface area (Å²) in [6, 6.07) is 23.4. The van der Waals surface area contributed by atoms with Crippen LogP contribution in [0.1, 0.15) is 42.2 Å². The van der Waals surface area contributed by atoms with Crippen LogP contribution in [0.3, 0.4) is 0 Å². The van der Waals surface area contributed by atoms with Crippen molar-refractivity contribution in [1.29, 1.82) is 0 Å². The molecule has 0 aliphatic heterocycles. The SMILES string of the molecule is Cc1cccc(C(=O)Oc2c(Br)cc(Br)cc2C=NNC(=O)c2cccc(NC(=O)c3ccc(Cl)cc3)c2)c1. The maximum Gasteiger partial charge on any atom is 0.343 e. The Balaban J connectivity index is 1.46.